The lowest BCUT2D eigenvalue weighted by Crippen LogP contribution is -2.04. The summed E-state index contributed by atoms with van der Waals surface area (Å²) in [6, 6.07) is 10.0. The SMILES string of the molecule is CCOC(=O)CC/C(=C\c1ccccc1)CCCO. The van der Waals surface area contributed by atoms with Gasteiger partial charge in [-0.25, -0.2) is 0 Å². The van der Waals surface area contributed by atoms with E-state index in [9.17, 15) is 4.79 Å². The highest BCUT2D eigenvalue weighted by Gasteiger charge is 2.05. The van der Waals surface area contributed by atoms with Crippen LogP contribution in [0.5, 0.6) is 0 Å². The molecule has 104 valence electrons. The Morgan fingerprint density at radius 1 is 1.21 bits per heavy atom. The zero-order chi connectivity index (χ0) is 13.9. The number of hydrogen-bond donors (Lipinski definition) is 1. The lowest BCUT2D eigenvalue weighted by molar-refractivity contribution is -0.143. The van der Waals surface area contributed by atoms with Crippen molar-refractivity contribution in [1.82, 2.24) is 0 Å². The first-order valence-corrected chi connectivity index (χ1v) is 6.77. The first kappa shape index (κ1) is 15.4. The van der Waals surface area contributed by atoms with Gasteiger partial charge in [-0.2, -0.15) is 0 Å². The molecule has 0 aromatic heterocycles. The van der Waals surface area contributed by atoms with Crippen molar-refractivity contribution >= 4 is 12.0 Å². The average Bonchev–Trinajstić information content (AvgIpc) is 2.43. The third-order valence-corrected chi connectivity index (χ3v) is 2.78. The van der Waals surface area contributed by atoms with Gasteiger partial charge in [0.15, 0.2) is 0 Å². The number of hydrogen-bond acceptors (Lipinski definition) is 3. The number of aliphatic hydroxyl groups excluding tert-OH is 1. The summed E-state index contributed by atoms with van der Waals surface area (Å²) < 4.78 is 4.93. The van der Waals surface area contributed by atoms with Crippen LogP contribution in [0.25, 0.3) is 6.08 Å². The highest BCUT2D eigenvalue weighted by Crippen LogP contribution is 2.17. The predicted octanol–water partition coefficient (Wildman–Crippen LogP) is 3.19. The summed E-state index contributed by atoms with van der Waals surface area (Å²) in [4.78, 5) is 11.4. The Balaban J connectivity index is 2.61. The number of aliphatic hydroxyl groups is 1. The molecule has 1 aromatic rings. The fraction of sp³-hybridized carbons (Fsp3) is 0.438. The van der Waals surface area contributed by atoms with Crippen LogP contribution in [0.1, 0.15) is 38.2 Å². The number of rotatable bonds is 8. The Labute approximate surface area is 114 Å². The molecule has 1 rings (SSSR count). The minimum Gasteiger partial charge on any atom is -0.466 e. The summed E-state index contributed by atoms with van der Waals surface area (Å²) >= 11 is 0. The van der Waals surface area contributed by atoms with Crippen molar-refractivity contribution < 1.29 is 14.6 Å². The molecule has 0 spiro atoms. The van der Waals surface area contributed by atoms with Gasteiger partial charge in [0.25, 0.3) is 0 Å². The molecule has 0 saturated carbocycles. The molecule has 0 atom stereocenters. The summed E-state index contributed by atoms with van der Waals surface area (Å²) in [5, 5.41) is 8.92. The Kier molecular flexibility index (Phi) is 7.59. The maximum Gasteiger partial charge on any atom is 0.306 e. The molecule has 0 fully saturated rings. The number of allylic oxidation sites excluding steroid dienone is 1. The predicted molar refractivity (Wildman–Crippen MR) is 76.6 cm³/mol. The van der Waals surface area contributed by atoms with Crippen molar-refractivity contribution in [2.75, 3.05) is 13.2 Å². The Morgan fingerprint density at radius 3 is 2.58 bits per heavy atom. The van der Waals surface area contributed by atoms with Crippen LogP contribution >= 0.6 is 0 Å². The second-order valence-corrected chi connectivity index (χ2v) is 4.35. The maximum absolute atomic E-state index is 11.4. The second-order valence-electron chi connectivity index (χ2n) is 4.35. The topological polar surface area (TPSA) is 46.5 Å². The van der Waals surface area contributed by atoms with E-state index in [0.717, 1.165) is 18.4 Å². The Hall–Kier alpha value is -1.61. The van der Waals surface area contributed by atoms with Crippen molar-refractivity contribution in [3.63, 3.8) is 0 Å². The first-order valence-electron chi connectivity index (χ1n) is 6.77. The van der Waals surface area contributed by atoms with E-state index in [1.54, 1.807) is 0 Å². The van der Waals surface area contributed by atoms with Crippen LogP contribution < -0.4 is 0 Å². The number of carbonyl (C=O) groups excluding carboxylic acids is 1. The third-order valence-electron chi connectivity index (χ3n) is 2.78. The molecule has 19 heavy (non-hydrogen) atoms. The number of esters is 1. The zero-order valence-electron chi connectivity index (χ0n) is 11.5. The molecule has 0 bridgehead atoms. The molecule has 3 heteroatoms. The largest absolute Gasteiger partial charge is 0.466 e. The normalized spacial score (nSPS) is 11.4. The van der Waals surface area contributed by atoms with Gasteiger partial charge in [-0.15, -0.1) is 0 Å². The molecule has 0 radical (unpaired) electrons. The standard InChI is InChI=1S/C16H22O3/c1-2-19-16(18)11-10-15(9-6-12-17)13-14-7-4-3-5-8-14/h3-5,7-8,13,17H,2,6,9-12H2,1H3/b15-13-. The molecule has 1 N–H and O–H groups in total. The van der Waals surface area contributed by atoms with E-state index in [1.165, 1.54) is 5.57 Å². The number of carbonyl (C=O) groups is 1. The van der Waals surface area contributed by atoms with Gasteiger partial charge in [-0.1, -0.05) is 42.0 Å². The number of ether oxygens (including phenoxy) is 1. The highest BCUT2D eigenvalue weighted by atomic mass is 16.5. The fourth-order valence-electron chi connectivity index (χ4n) is 1.86. The van der Waals surface area contributed by atoms with E-state index in [0.29, 0.717) is 19.4 Å². The van der Waals surface area contributed by atoms with Crippen LogP contribution in [0.2, 0.25) is 0 Å². The third kappa shape index (κ3) is 6.77. The Bertz CT molecular complexity index is 396. The Morgan fingerprint density at radius 2 is 1.95 bits per heavy atom. The second kappa shape index (κ2) is 9.34. The van der Waals surface area contributed by atoms with Gasteiger partial charge in [0.2, 0.25) is 0 Å². The van der Waals surface area contributed by atoms with Crippen molar-refractivity contribution in [2.45, 2.75) is 32.6 Å². The quantitative estimate of drug-likeness (QED) is 0.732. The van der Waals surface area contributed by atoms with E-state index in [1.807, 2.05) is 37.3 Å². The monoisotopic (exact) mass is 262 g/mol. The van der Waals surface area contributed by atoms with Gasteiger partial charge in [0.1, 0.15) is 0 Å². The molecule has 0 aliphatic rings. The van der Waals surface area contributed by atoms with Gasteiger partial charge in [0, 0.05) is 13.0 Å². The zero-order valence-corrected chi connectivity index (χ0v) is 11.5. The highest BCUT2D eigenvalue weighted by molar-refractivity contribution is 5.70. The lowest BCUT2D eigenvalue weighted by atomic mass is 10.0. The maximum atomic E-state index is 11.4. The average molecular weight is 262 g/mol. The van der Waals surface area contributed by atoms with Crippen LogP contribution in [-0.4, -0.2) is 24.3 Å². The van der Waals surface area contributed by atoms with E-state index < -0.39 is 0 Å². The molecule has 1 aromatic carbocycles. The van der Waals surface area contributed by atoms with Crippen LogP contribution in [0.4, 0.5) is 0 Å². The van der Waals surface area contributed by atoms with Crippen molar-refractivity contribution in [3.05, 3.63) is 41.5 Å². The molecule has 3 nitrogen and oxygen atoms in total. The summed E-state index contributed by atoms with van der Waals surface area (Å²) in [6.45, 7) is 2.41. The molecule has 0 heterocycles. The van der Waals surface area contributed by atoms with E-state index in [4.69, 9.17) is 9.84 Å². The van der Waals surface area contributed by atoms with Gasteiger partial charge >= 0.3 is 5.97 Å². The summed E-state index contributed by atoms with van der Waals surface area (Å²) in [5.41, 5.74) is 2.30. The minimum atomic E-state index is -0.162. The van der Waals surface area contributed by atoms with Gasteiger partial charge in [-0.3, -0.25) is 4.79 Å². The van der Waals surface area contributed by atoms with Crippen LogP contribution in [0, 0.1) is 0 Å². The molecule has 0 unspecified atom stereocenters. The molecule has 0 saturated heterocycles. The van der Waals surface area contributed by atoms with Gasteiger partial charge in [0.05, 0.1) is 6.61 Å². The van der Waals surface area contributed by atoms with Crippen molar-refractivity contribution in [2.24, 2.45) is 0 Å². The minimum absolute atomic E-state index is 0.162. The molecular formula is C16H22O3. The molecular weight excluding hydrogens is 240 g/mol. The lowest BCUT2D eigenvalue weighted by Gasteiger charge is -2.07. The van der Waals surface area contributed by atoms with Gasteiger partial charge in [-0.05, 0) is 31.7 Å². The van der Waals surface area contributed by atoms with Crippen LogP contribution in [0.3, 0.4) is 0 Å². The summed E-state index contributed by atoms with van der Waals surface area (Å²) in [7, 11) is 0. The van der Waals surface area contributed by atoms with E-state index in [2.05, 4.69) is 6.08 Å². The van der Waals surface area contributed by atoms with Crippen LogP contribution in [-0.2, 0) is 9.53 Å². The molecule has 0 amide bonds. The molecule has 0 aliphatic heterocycles. The van der Waals surface area contributed by atoms with E-state index >= 15 is 0 Å². The first-order chi connectivity index (χ1) is 9.26. The smallest absolute Gasteiger partial charge is 0.306 e. The molecule has 0 aliphatic carbocycles. The van der Waals surface area contributed by atoms with E-state index in [-0.39, 0.29) is 12.6 Å². The van der Waals surface area contributed by atoms with Gasteiger partial charge < -0.3 is 9.84 Å². The summed E-state index contributed by atoms with van der Waals surface area (Å²) in [6.07, 6.45) is 4.72. The fourth-order valence-corrected chi connectivity index (χ4v) is 1.86. The number of benzene rings is 1. The van der Waals surface area contributed by atoms with Crippen LogP contribution in [0.15, 0.2) is 35.9 Å². The van der Waals surface area contributed by atoms with Crippen molar-refractivity contribution in [1.29, 1.82) is 0 Å². The van der Waals surface area contributed by atoms with Crippen molar-refractivity contribution in [3.8, 4) is 0 Å². The summed E-state index contributed by atoms with van der Waals surface area (Å²) in [5.74, 6) is -0.162.